The van der Waals surface area contributed by atoms with E-state index in [9.17, 15) is 0 Å². The van der Waals surface area contributed by atoms with Crippen LogP contribution in [0.5, 0.6) is 0 Å². The first-order valence-corrected chi connectivity index (χ1v) is 5.98. The summed E-state index contributed by atoms with van der Waals surface area (Å²) in [6.45, 7) is 6.43. The van der Waals surface area contributed by atoms with Crippen LogP contribution in [-0.4, -0.2) is 9.78 Å². The summed E-state index contributed by atoms with van der Waals surface area (Å²) in [4.78, 5) is 0. The van der Waals surface area contributed by atoms with E-state index < -0.39 is 0 Å². The van der Waals surface area contributed by atoms with Gasteiger partial charge in [-0.1, -0.05) is 6.92 Å². The first kappa shape index (κ1) is 10.7. The standard InChI is InChI=1S/C12H21N3/c1-4-8(2)15-12(9(3)13)7-11(14-15)10-5-6-10/h7-10H,4-6,13H2,1-3H3. The normalized spacial score (nSPS) is 20.3. The maximum absolute atomic E-state index is 5.98. The van der Waals surface area contributed by atoms with Crippen molar-refractivity contribution >= 4 is 0 Å². The third kappa shape index (κ3) is 2.07. The van der Waals surface area contributed by atoms with Crippen molar-refractivity contribution in [1.29, 1.82) is 0 Å². The average molecular weight is 207 g/mol. The van der Waals surface area contributed by atoms with Crippen LogP contribution in [0.25, 0.3) is 0 Å². The summed E-state index contributed by atoms with van der Waals surface area (Å²) >= 11 is 0. The molecule has 0 spiro atoms. The van der Waals surface area contributed by atoms with Crippen molar-refractivity contribution in [2.24, 2.45) is 5.73 Å². The lowest BCUT2D eigenvalue weighted by Gasteiger charge is -2.15. The zero-order valence-electron chi connectivity index (χ0n) is 9.90. The predicted octanol–water partition coefficient (Wildman–Crippen LogP) is 2.75. The molecule has 1 heterocycles. The SMILES string of the molecule is CCC(C)n1nc(C2CC2)cc1C(C)N. The Hall–Kier alpha value is -0.830. The molecule has 1 saturated carbocycles. The molecule has 2 unspecified atom stereocenters. The Balaban J connectivity index is 2.32. The van der Waals surface area contributed by atoms with E-state index in [4.69, 9.17) is 10.8 Å². The van der Waals surface area contributed by atoms with Crippen LogP contribution in [0.2, 0.25) is 0 Å². The van der Waals surface area contributed by atoms with Crippen molar-refractivity contribution in [2.45, 2.75) is 58.0 Å². The van der Waals surface area contributed by atoms with E-state index in [2.05, 4.69) is 24.6 Å². The Labute approximate surface area is 91.7 Å². The largest absolute Gasteiger partial charge is 0.323 e. The first-order chi connectivity index (χ1) is 7.13. The number of nitrogens with zero attached hydrogens (tertiary/aromatic N) is 2. The second-order valence-corrected chi connectivity index (χ2v) is 4.76. The van der Waals surface area contributed by atoms with Gasteiger partial charge in [-0.3, -0.25) is 4.68 Å². The topological polar surface area (TPSA) is 43.8 Å². The highest BCUT2D eigenvalue weighted by atomic mass is 15.3. The highest BCUT2D eigenvalue weighted by Gasteiger charge is 2.28. The Kier molecular flexibility index (Phi) is 2.83. The lowest BCUT2D eigenvalue weighted by molar-refractivity contribution is 0.446. The van der Waals surface area contributed by atoms with Crippen LogP contribution in [0.1, 0.15) is 69.4 Å². The van der Waals surface area contributed by atoms with Crippen molar-refractivity contribution in [3.05, 3.63) is 17.5 Å². The fourth-order valence-electron chi connectivity index (χ4n) is 1.87. The van der Waals surface area contributed by atoms with Gasteiger partial charge in [-0.15, -0.1) is 0 Å². The maximum Gasteiger partial charge on any atom is 0.0659 e. The minimum absolute atomic E-state index is 0.0824. The van der Waals surface area contributed by atoms with Gasteiger partial charge in [0.2, 0.25) is 0 Å². The fourth-order valence-corrected chi connectivity index (χ4v) is 1.87. The molecule has 3 heteroatoms. The monoisotopic (exact) mass is 207 g/mol. The molecule has 15 heavy (non-hydrogen) atoms. The van der Waals surface area contributed by atoms with Crippen LogP contribution >= 0.6 is 0 Å². The molecule has 0 aromatic carbocycles. The molecule has 2 atom stereocenters. The van der Waals surface area contributed by atoms with Crippen molar-refractivity contribution in [3.8, 4) is 0 Å². The zero-order chi connectivity index (χ0) is 11.0. The Morgan fingerprint density at radius 1 is 1.53 bits per heavy atom. The lowest BCUT2D eigenvalue weighted by Crippen LogP contribution is -2.16. The molecule has 1 aromatic rings. The predicted molar refractivity (Wildman–Crippen MR) is 61.8 cm³/mol. The summed E-state index contributed by atoms with van der Waals surface area (Å²) in [5.41, 5.74) is 8.42. The van der Waals surface area contributed by atoms with Gasteiger partial charge in [-0.25, -0.2) is 0 Å². The van der Waals surface area contributed by atoms with E-state index in [-0.39, 0.29) is 6.04 Å². The van der Waals surface area contributed by atoms with E-state index in [0.717, 1.165) is 6.42 Å². The number of aromatic nitrogens is 2. The van der Waals surface area contributed by atoms with Gasteiger partial charge < -0.3 is 5.73 Å². The molecule has 2 rings (SSSR count). The molecule has 84 valence electrons. The van der Waals surface area contributed by atoms with Crippen molar-refractivity contribution < 1.29 is 0 Å². The molecule has 3 nitrogen and oxygen atoms in total. The molecular formula is C12H21N3. The number of hydrogen-bond acceptors (Lipinski definition) is 2. The molecule has 1 aliphatic rings. The fraction of sp³-hybridized carbons (Fsp3) is 0.750. The van der Waals surface area contributed by atoms with Gasteiger partial charge in [0, 0.05) is 18.0 Å². The summed E-state index contributed by atoms with van der Waals surface area (Å²) in [7, 11) is 0. The van der Waals surface area contributed by atoms with Gasteiger partial charge in [0.15, 0.2) is 0 Å². The lowest BCUT2D eigenvalue weighted by atomic mass is 10.2. The Morgan fingerprint density at radius 3 is 2.67 bits per heavy atom. The van der Waals surface area contributed by atoms with Crippen LogP contribution in [0, 0.1) is 0 Å². The first-order valence-electron chi connectivity index (χ1n) is 5.98. The smallest absolute Gasteiger partial charge is 0.0659 e. The average Bonchev–Trinajstić information content (AvgIpc) is 2.96. The van der Waals surface area contributed by atoms with E-state index in [1.54, 1.807) is 0 Å². The maximum atomic E-state index is 5.98. The van der Waals surface area contributed by atoms with Gasteiger partial charge >= 0.3 is 0 Å². The van der Waals surface area contributed by atoms with Gasteiger partial charge in [0.05, 0.1) is 11.4 Å². The molecule has 0 radical (unpaired) electrons. The molecular weight excluding hydrogens is 186 g/mol. The second-order valence-electron chi connectivity index (χ2n) is 4.76. The summed E-state index contributed by atoms with van der Waals surface area (Å²) < 4.78 is 2.12. The zero-order valence-corrected chi connectivity index (χ0v) is 9.90. The van der Waals surface area contributed by atoms with Crippen LogP contribution in [0.3, 0.4) is 0 Å². The molecule has 1 aromatic heterocycles. The molecule has 0 bridgehead atoms. The van der Waals surface area contributed by atoms with E-state index in [0.29, 0.717) is 12.0 Å². The van der Waals surface area contributed by atoms with Crippen molar-refractivity contribution in [3.63, 3.8) is 0 Å². The minimum atomic E-state index is 0.0824. The molecule has 0 amide bonds. The third-order valence-corrected chi connectivity index (χ3v) is 3.25. The number of nitrogens with two attached hydrogens (primary N) is 1. The quantitative estimate of drug-likeness (QED) is 0.825. The Bertz CT molecular complexity index is 337. The van der Waals surface area contributed by atoms with E-state index in [1.165, 1.54) is 24.2 Å². The van der Waals surface area contributed by atoms with Crippen molar-refractivity contribution in [1.82, 2.24) is 9.78 Å². The van der Waals surface area contributed by atoms with Crippen LogP contribution in [0.4, 0.5) is 0 Å². The molecule has 1 aliphatic carbocycles. The van der Waals surface area contributed by atoms with E-state index in [1.807, 2.05) is 6.92 Å². The summed E-state index contributed by atoms with van der Waals surface area (Å²) in [6, 6.07) is 2.74. The summed E-state index contributed by atoms with van der Waals surface area (Å²) in [5, 5.41) is 4.70. The third-order valence-electron chi connectivity index (χ3n) is 3.25. The summed E-state index contributed by atoms with van der Waals surface area (Å²) in [6.07, 6.45) is 3.71. The Morgan fingerprint density at radius 2 is 2.20 bits per heavy atom. The molecule has 1 fully saturated rings. The highest BCUT2D eigenvalue weighted by Crippen LogP contribution is 2.40. The van der Waals surface area contributed by atoms with Crippen molar-refractivity contribution in [2.75, 3.05) is 0 Å². The number of hydrogen-bond donors (Lipinski definition) is 1. The van der Waals surface area contributed by atoms with Gasteiger partial charge in [-0.2, -0.15) is 5.10 Å². The van der Waals surface area contributed by atoms with Crippen LogP contribution in [0.15, 0.2) is 6.07 Å². The van der Waals surface area contributed by atoms with Gasteiger partial charge in [-0.05, 0) is 39.2 Å². The summed E-state index contributed by atoms with van der Waals surface area (Å²) in [5.74, 6) is 0.716. The van der Waals surface area contributed by atoms with E-state index >= 15 is 0 Å². The number of rotatable bonds is 4. The minimum Gasteiger partial charge on any atom is -0.323 e. The van der Waals surface area contributed by atoms with Crippen LogP contribution < -0.4 is 5.73 Å². The molecule has 2 N–H and O–H groups in total. The van der Waals surface area contributed by atoms with Gasteiger partial charge in [0.25, 0.3) is 0 Å². The van der Waals surface area contributed by atoms with Gasteiger partial charge in [0.1, 0.15) is 0 Å². The molecule has 0 saturated heterocycles. The second kappa shape index (κ2) is 3.97. The highest BCUT2D eigenvalue weighted by molar-refractivity contribution is 5.21. The molecule has 0 aliphatic heterocycles. The van der Waals surface area contributed by atoms with Crippen LogP contribution in [-0.2, 0) is 0 Å².